The lowest BCUT2D eigenvalue weighted by Crippen LogP contribution is -2.11. The minimum atomic E-state index is -0.105. The first kappa shape index (κ1) is 20.8. The van der Waals surface area contributed by atoms with Crippen LogP contribution in [0.4, 0.5) is 4.39 Å². The van der Waals surface area contributed by atoms with Gasteiger partial charge in [-0.05, 0) is 102 Å². The minimum absolute atomic E-state index is 0.105. The van der Waals surface area contributed by atoms with E-state index in [1.165, 1.54) is 40.1 Å². The summed E-state index contributed by atoms with van der Waals surface area (Å²) < 4.78 is 25.4. The Kier molecular flexibility index (Phi) is 5.50. The van der Waals surface area contributed by atoms with E-state index in [0.29, 0.717) is 11.5 Å². The lowest BCUT2D eigenvalue weighted by Gasteiger charge is -2.27. The highest BCUT2D eigenvalue weighted by Crippen LogP contribution is 2.44. The number of rotatable bonds is 5. The molecule has 0 radical (unpaired) electrons. The summed E-state index contributed by atoms with van der Waals surface area (Å²) in [5, 5.41) is 4.73. The maximum atomic E-state index is 14.0. The second-order valence-corrected chi connectivity index (χ2v) is 8.90. The number of benzene rings is 4. The van der Waals surface area contributed by atoms with Gasteiger partial charge in [0, 0.05) is 0 Å². The van der Waals surface area contributed by atoms with Crippen molar-refractivity contribution in [2.75, 3.05) is 14.2 Å². The quantitative estimate of drug-likeness (QED) is 0.306. The monoisotopic (exact) mass is 428 g/mol. The van der Waals surface area contributed by atoms with E-state index in [4.69, 9.17) is 9.47 Å². The Hall–Kier alpha value is -3.07. The molecular formula is C29H29FO2. The highest BCUT2D eigenvalue weighted by Gasteiger charge is 2.23. The molecule has 1 aliphatic rings. The van der Waals surface area contributed by atoms with Crippen LogP contribution in [0.3, 0.4) is 0 Å². The summed E-state index contributed by atoms with van der Waals surface area (Å²) >= 11 is 0. The molecule has 5 rings (SSSR count). The third-order valence-corrected chi connectivity index (χ3v) is 7.11. The summed E-state index contributed by atoms with van der Waals surface area (Å²) in [5.74, 6) is 2.09. The van der Waals surface area contributed by atoms with Crippen LogP contribution in [0.2, 0.25) is 0 Å². The Bertz CT molecular complexity index is 1310. The first-order chi connectivity index (χ1) is 15.6. The molecule has 32 heavy (non-hydrogen) atoms. The van der Waals surface area contributed by atoms with E-state index in [9.17, 15) is 4.39 Å². The van der Waals surface area contributed by atoms with Crippen LogP contribution in [0.25, 0.3) is 21.5 Å². The van der Waals surface area contributed by atoms with Gasteiger partial charge in [-0.1, -0.05) is 36.4 Å². The van der Waals surface area contributed by atoms with Crippen molar-refractivity contribution in [1.82, 2.24) is 0 Å². The van der Waals surface area contributed by atoms with Crippen molar-refractivity contribution in [1.29, 1.82) is 0 Å². The van der Waals surface area contributed by atoms with Gasteiger partial charge in [0.1, 0.15) is 17.3 Å². The molecule has 0 amide bonds. The van der Waals surface area contributed by atoms with Crippen LogP contribution < -0.4 is 9.47 Å². The Morgan fingerprint density at radius 1 is 0.906 bits per heavy atom. The number of ether oxygens (including phenoxy) is 2. The topological polar surface area (TPSA) is 18.5 Å². The van der Waals surface area contributed by atoms with Crippen molar-refractivity contribution in [3.63, 3.8) is 0 Å². The molecule has 0 aliphatic heterocycles. The molecule has 0 bridgehead atoms. The maximum Gasteiger partial charge on any atom is 0.131 e. The molecule has 0 spiro atoms. The summed E-state index contributed by atoms with van der Waals surface area (Å²) in [7, 11) is 3.43. The third-order valence-electron chi connectivity index (χ3n) is 7.11. The number of halogens is 1. The summed E-state index contributed by atoms with van der Waals surface area (Å²) in [4.78, 5) is 0. The lowest BCUT2D eigenvalue weighted by atomic mass is 9.77. The van der Waals surface area contributed by atoms with Gasteiger partial charge in [-0.25, -0.2) is 4.39 Å². The van der Waals surface area contributed by atoms with Crippen molar-refractivity contribution in [2.24, 2.45) is 0 Å². The van der Waals surface area contributed by atoms with E-state index < -0.39 is 0 Å². The second-order valence-electron chi connectivity index (χ2n) is 8.90. The minimum Gasteiger partial charge on any atom is -0.496 e. The number of hydrogen-bond donors (Lipinski definition) is 0. The average Bonchev–Trinajstić information content (AvgIpc) is 2.83. The van der Waals surface area contributed by atoms with Crippen LogP contribution in [0.1, 0.15) is 47.4 Å². The van der Waals surface area contributed by atoms with Crippen LogP contribution in [-0.4, -0.2) is 14.2 Å². The van der Waals surface area contributed by atoms with Crippen LogP contribution >= 0.6 is 0 Å². The molecule has 0 heterocycles. The van der Waals surface area contributed by atoms with Crippen LogP contribution in [-0.2, 0) is 12.8 Å². The zero-order chi connectivity index (χ0) is 22.2. The molecule has 4 aromatic rings. The van der Waals surface area contributed by atoms with E-state index in [2.05, 4.69) is 30.3 Å². The van der Waals surface area contributed by atoms with E-state index in [1.807, 2.05) is 25.1 Å². The zero-order valence-corrected chi connectivity index (χ0v) is 19.0. The molecule has 2 nitrogen and oxygen atoms in total. The number of fused-ring (bicyclic) bond motifs is 5. The average molecular weight is 429 g/mol. The summed E-state index contributed by atoms with van der Waals surface area (Å²) in [5.41, 5.74) is 4.68. The zero-order valence-electron chi connectivity index (χ0n) is 19.0. The van der Waals surface area contributed by atoms with E-state index in [1.54, 1.807) is 20.3 Å². The SMILES string of the molecule is COc1cccc2c1c(OC)cc1c3c(ccc12)[C@H](CCc1ccc(C)c(F)c1)CCC3. The molecule has 0 aromatic heterocycles. The molecule has 4 aromatic carbocycles. The van der Waals surface area contributed by atoms with Crippen molar-refractivity contribution in [3.05, 3.63) is 82.7 Å². The standard InChI is InChI=1S/C29H29FO2/c1-18-10-11-19(16-26(18)30)12-13-20-6-4-7-22-21(20)14-15-23-24-8-5-9-27(31-2)29(24)28(32-3)17-25(22)23/h5,8-11,14-17,20H,4,6-7,12-13H2,1-3H3/t20-/m0/s1. The number of aryl methyl sites for hydroxylation is 3. The van der Waals surface area contributed by atoms with Gasteiger partial charge in [-0.15, -0.1) is 0 Å². The molecule has 1 atom stereocenters. The van der Waals surface area contributed by atoms with Crippen LogP contribution in [0, 0.1) is 12.7 Å². The molecule has 0 unspecified atom stereocenters. The van der Waals surface area contributed by atoms with Crippen molar-refractivity contribution >= 4 is 21.5 Å². The predicted octanol–water partition coefficient (Wildman–Crippen LogP) is 7.51. The molecule has 1 aliphatic carbocycles. The predicted molar refractivity (Wildman–Crippen MR) is 130 cm³/mol. The Labute approximate surface area is 189 Å². The van der Waals surface area contributed by atoms with E-state index >= 15 is 0 Å². The fourth-order valence-electron chi connectivity index (χ4n) is 5.40. The van der Waals surface area contributed by atoms with Gasteiger partial charge >= 0.3 is 0 Å². The summed E-state index contributed by atoms with van der Waals surface area (Å²) in [6.07, 6.45) is 5.39. The van der Waals surface area contributed by atoms with Crippen molar-refractivity contribution in [2.45, 2.75) is 44.9 Å². The lowest BCUT2D eigenvalue weighted by molar-refractivity contribution is 0.405. The van der Waals surface area contributed by atoms with E-state index in [0.717, 1.165) is 41.7 Å². The Balaban J connectivity index is 1.57. The molecule has 3 heteroatoms. The van der Waals surface area contributed by atoms with Gasteiger partial charge in [0.25, 0.3) is 0 Å². The Morgan fingerprint density at radius 2 is 1.75 bits per heavy atom. The first-order valence-corrected chi connectivity index (χ1v) is 11.4. The number of hydrogen-bond acceptors (Lipinski definition) is 2. The largest absolute Gasteiger partial charge is 0.496 e. The van der Waals surface area contributed by atoms with Gasteiger partial charge < -0.3 is 9.47 Å². The van der Waals surface area contributed by atoms with Gasteiger partial charge in [-0.3, -0.25) is 0 Å². The highest BCUT2D eigenvalue weighted by molar-refractivity contribution is 6.13. The van der Waals surface area contributed by atoms with Gasteiger partial charge in [0.2, 0.25) is 0 Å². The second kappa shape index (κ2) is 8.46. The molecule has 0 saturated carbocycles. The van der Waals surface area contributed by atoms with Gasteiger partial charge in [0.05, 0.1) is 19.6 Å². The molecule has 164 valence electrons. The smallest absolute Gasteiger partial charge is 0.131 e. The van der Waals surface area contributed by atoms with Crippen molar-refractivity contribution < 1.29 is 13.9 Å². The maximum absolute atomic E-state index is 14.0. The third kappa shape index (κ3) is 3.50. The fraction of sp³-hybridized carbons (Fsp3) is 0.310. The normalized spacial score (nSPS) is 15.7. The van der Waals surface area contributed by atoms with Crippen LogP contribution in [0.15, 0.2) is 54.6 Å². The van der Waals surface area contributed by atoms with Gasteiger partial charge in [-0.2, -0.15) is 0 Å². The number of methoxy groups -OCH3 is 2. The molecule has 0 saturated heterocycles. The molecule has 0 N–H and O–H groups in total. The highest BCUT2D eigenvalue weighted by atomic mass is 19.1. The van der Waals surface area contributed by atoms with E-state index in [-0.39, 0.29) is 5.82 Å². The summed E-state index contributed by atoms with van der Waals surface area (Å²) in [6, 6.07) is 18.6. The van der Waals surface area contributed by atoms with Crippen molar-refractivity contribution in [3.8, 4) is 11.5 Å². The fourth-order valence-corrected chi connectivity index (χ4v) is 5.40. The summed E-state index contributed by atoms with van der Waals surface area (Å²) in [6.45, 7) is 1.81. The molecule has 0 fully saturated rings. The van der Waals surface area contributed by atoms with Gasteiger partial charge in [0.15, 0.2) is 0 Å². The first-order valence-electron chi connectivity index (χ1n) is 11.4. The molecular weight excluding hydrogens is 399 g/mol. The van der Waals surface area contributed by atoms with Crippen LogP contribution in [0.5, 0.6) is 11.5 Å². The Morgan fingerprint density at radius 3 is 2.53 bits per heavy atom.